The van der Waals surface area contributed by atoms with Crippen molar-refractivity contribution < 1.29 is 0 Å². The lowest BCUT2D eigenvalue weighted by atomic mass is 10.2. The van der Waals surface area contributed by atoms with Gasteiger partial charge in [-0.25, -0.2) is 4.98 Å². The number of benzene rings is 1. The fraction of sp³-hybridized carbons (Fsp3) is 0.250. The van der Waals surface area contributed by atoms with Gasteiger partial charge in [-0.2, -0.15) is 5.10 Å². The SMILES string of the molecule is c1ccc(Cn2cc(-c3ncc(C4CC4)[nH]3)cn2)cc1. The van der Waals surface area contributed by atoms with Crippen LogP contribution in [0.1, 0.15) is 30.0 Å². The molecule has 100 valence electrons. The Morgan fingerprint density at radius 3 is 2.80 bits per heavy atom. The number of aromatic amines is 1. The Morgan fingerprint density at radius 2 is 2.00 bits per heavy atom. The highest BCUT2D eigenvalue weighted by Gasteiger charge is 2.25. The van der Waals surface area contributed by atoms with Crippen molar-refractivity contribution in [1.82, 2.24) is 19.7 Å². The predicted molar refractivity (Wildman–Crippen MR) is 77.3 cm³/mol. The van der Waals surface area contributed by atoms with Crippen LogP contribution in [0, 0.1) is 0 Å². The molecule has 3 aromatic rings. The number of hydrogen-bond donors (Lipinski definition) is 1. The Kier molecular flexibility index (Phi) is 2.66. The van der Waals surface area contributed by atoms with E-state index >= 15 is 0 Å². The highest BCUT2D eigenvalue weighted by molar-refractivity contribution is 5.52. The van der Waals surface area contributed by atoms with Crippen molar-refractivity contribution in [3.63, 3.8) is 0 Å². The second-order valence-electron chi connectivity index (χ2n) is 5.37. The number of rotatable bonds is 4. The lowest BCUT2D eigenvalue weighted by Gasteiger charge is -2.00. The van der Waals surface area contributed by atoms with Gasteiger partial charge in [-0.05, 0) is 18.4 Å². The van der Waals surface area contributed by atoms with Gasteiger partial charge < -0.3 is 4.98 Å². The maximum Gasteiger partial charge on any atom is 0.140 e. The summed E-state index contributed by atoms with van der Waals surface area (Å²) in [5, 5.41) is 4.41. The van der Waals surface area contributed by atoms with Gasteiger partial charge in [0.05, 0.1) is 18.3 Å². The molecule has 2 aromatic heterocycles. The van der Waals surface area contributed by atoms with Crippen molar-refractivity contribution in [3.8, 4) is 11.4 Å². The molecule has 4 nitrogen and oxygen atoms in total. The van der Waals surface area contributed by atoms with Crippen molar-refractivity contribution in [2.45, 2.75) is 25.3 Å². The number of hydrogen-bond acceptors (Lipinski definition) is 2. The molecular formula is C16H16N4. The van der Waals surface area contributed by atoms with Gasteiger partial charge in [-0.3, -0.25) is 4.68 Å². The Morgan fingerprint density at radius 1 is 1.15 bits per heavy atom. The van der Waals surface area contributed by atoms with Gasteiger partial charge >= 0.3 is 0 Å². The van der Waals surface area contributed by atoms with Crippen molar-refractivity contribution in [2.75, 3.05) is 0 Å². The summed E-state index contributed by atoms with van der Waals surface area (Å²) in [5.41, 5.74) is 3.56. The third kappa shape index (κ3) is 2.25. The Hall–Kier alpha value is -2.36. The van der Waals surface area contributed by atoms with Crippen LogP contribution in [0.15, 0.2) is 48.9 Å². The maximum atomic E-state index is 4.46. The van der Waals surface area contributed by atoms with E-state index in [0.29, 0.717) is 5.92 Å². The molecule has 20 heavy (non-hydrogen) atoms. The molecule has 0 unspecified atom stereocenters. The molecule has 4 heteroatoms. The maximum absolute atomic E-state index is 4.46. The van der Waals surface area contributed by atoms with Crippen LogP contribution < -0.4 is 0 Å². The summed E-state index contributed by atoms with van der Waals surface area (Å²) in [6.07, 6.45) is 8.45. The van der Waals surface area contributed by atoms with Gasteiger partial charge in [0.2, 0.25) is 0 Å². The minimum absolute atomic E-state index is 0.704. The minimum Gasteiger partial charge on any atom is -0.342 e. The van der Waals surface area contributed by atoms with Crippen molar-refractivity contribution in [2.24, 2.45) is 0 Å². The van der Waals surface area contributed by atoms with Crippen LogP contribution in [0.4, 0.5) is 0 Å². The average molecular weight is 264 g/mol. The van der Waals surface area contributed by atoms with Gasteiger partial charge in [0, 0.05) is 24.0 Å². The van der Waals surface area contributed by atoms with Crippen molar-refractivity contribution in [3.05, 3.63) is 60.2 Å². The predicted octanol–water partition coefficient (Wildman–Crippen LogP) is 3.20. The molecule has 1 aliphatic carbocycles. The van der Waals surface area contributed by atoms with E-state index in [2.05, 4.69) is 27.2 Å². The van der Waals surface area contributed by atoms with E-state index in [1.807, 2.05) is 41.5 Å². The first-order chi connectivity index (χ1) is 9.88. The smallest absolute Gasteiger partial charge is 0.140 e. The summed E-state index contributed by atoms with van der Waals surface area (Å²) in [5.74, 6) is 1.63. The van der Waals surface area contributed by atoms with Crippen molar-refractivity contribution >= 4 is 0 Å². The fourth-order valence-electron chi connectivity index (χ4n) is 2.43. The first-order valence-electron chi connectivity index (χ1n) is 7.00. The van der Waals surface area contributed by atoms with E-state index in [0.717, 1.165) is 17.9 Å². The molecule has 4 rings (SSSR count). The van der Waals surface area contributed by atoms with E-state index in [-0.39, 0.29) is 0 Å². The summed E-state index contributed by atoms with van der Waals surface area (Å²) < 4.78 is 1.95. The fourth-order valence-corrected chi connectivity index (χ4v) is 2.43. The Labute approximate surface area is 117 Å². The molecule has 0 saturated heterocycles. The summed E-state index contributed by atoms with van der Waals surface area (Å²) in [6.45, 7) is 0.789. The molecule has 1 aromatic carbocycles. The second-order valence-corrected chi connectivity index (χ2v) is 5.37. The van der Waals surface area contributed by atoms with Gasteiger partial charge in [-0.15, -0.1) is 0 Å². The molecule has 1 fully saturated rings. The molecular weight excluding hydrogens is 248 g/mol. The summed E-state index contributed by atoms with van der Waals surface area (Å²) in [6, 6.07) is 10.3. The molecule has 2 heterocycles. The Bertz CT molecular complexity index is 707. The topological polar surface area (TPSA) is 46.5 Å². The lowest BCUT2D eigenvalue weighted by Crippen LogP contribution is -1.99. The van der Waals surface area contributed by atoms with E-state index in [1.54, 1.807) is 0 Å². The number of imidazole rings is 1. The highest BCUT2D eigenvalue weighted by Crippen LogP contribution is 2.39. The van der Waals surface area contributed by atoms with Gasteiger partial charge in [-0.1, -0.05) is 30.3 Å². The largest absolute Gasteiger partial charge is 0.342 e. The van der Waals surface area contributed by atoms with Crippen LogP contribution in [0.5, 0.6) is 0 Å². The molecule has 0 bridgehead atoms. The second kappa shape index (κ2) is 4.63. The lowest BCUT2D eigenvalue weighted by molar-refractivity contribution is 0.687. The zero-order chi connectivity index (χ0) is 13.4. The van der Waals surface area contributed by atoms with Crippen LogP contribution in [-0.4, -0.2) is 19.7 Å². The zero-order valence-electron chi connectivity index (χ0n) is 11.2. The quantitative estimate of drug-likeness (QED) is 0.786. The average Bonchev–Trinajstić information content (AvgIpc) is 3.03. The van der Waals surface area contributed by atoms with E-state index < -0.39 is 0 Å². The highest BCUT2D eigenvalue weighted by atomic mass is 15.3. The van der Waals surface area contributed by atoms with E-state index in [4.69, 9.17) is 0 Å². The Balaban J connectivity index is 1.54. The standard InChI is InChI=1S/C16H16N4/c1-2-4-12(5-3-1)10-20-11-14(8-18-20)16-17-9-15(19-16)13-6-7-13/h1-5,8-9,11,13H,6-7,10H2,(H,17,19). The molecule has 0 atom stereocenters. The first kappa shape index (κ1) is 11.5. The molecule has 0 aliphatic heterocycles. The number of H-pyrrole nitrogens is 1. The van der Waals surface area contributed by atoms with Gasteiger partial charge in [0.15, 0.2) is 0 Å². The van der Waals surface area contributed by atoms with E-state index in [1.165, 1.54) is 24.1 Å². The number of nitrogens with zero attached hydrogens (tertiary/aromatic N) is 3. The van der Waals surface area contributed by atoms with Crippen LogP contribution in [0.25, 0.3) is 11.4 Å². The first-order valence-corrected chi connectivity index (χ1v) is 7.00. The zero-order valence-corrected chi connectivity index (χ0v) is 11.2. The van der Waals surface area contributed by atoms with Crippen LogP contribution >= 0.6 is 0 Å². The number of nitrogens with one attached hydrogen (secondary N) is 1. The summed E-state index contributed by atoms with van der Waals surface area (Å²) in [4.78, 5) is 7.86. The summed E-state index contributed by atoms with van der Waals surface area (Å²) in [7, 11) is 0. The number of aromatic nitrogens is 4. The molecule has 0 radical (unpaired) electrons. The summed E-state index contributed by atoms with van der Waals surface area (Å²) >= 11 is 0. The molecule has 1 N–H and O–H groups in total. The minimum atomic E-state index is 0.704. The molecule has 0 amide bonds. The van der Waals surface area contributed by atoms with Crippen LogP contribution in [0.3, 0.4) is 0 Å². The molecule has 0 spiro atoms. The van der Waals surface area contributed by atoms with Crippen LogP contribution in [-0.2, 0) is 6.54 Å². The van der Waals surface area contributed by atoms with Gasteiger partial charge in [0.25, 0.3) is 0 Å². The van der Waals surface area contributed by atoms with Crippen LogP contribution in [0.2, 0.25) is 0 Å². The molecule has 1 saturated carbocycles. The third-order valence-corrected chi connectivity index (χ3v) is 3.71. The normalized spacial score (nSPS) is 14.6. The van der Waals surface area contributed by atoms with Crippen molar-refractivity contribution in [1.29, 1.82) is 0 Å². The monoisotopic (exact) mass is 264 g/mol. The molecule has 1 aliphatic rings. The van der Waals surface area contributed by atoms with E-state index in [9.17, 15) is 0 Å². The third-order valence-electron chi connectivity index (χ3n) is 3.71. The van der Waals surface area contributed by atoms with Gasteiger partial charge in [0.1, 0.15) is 5.82 Å².